The van der Waals surface area contributed by atoms with E-state index in [1.165, 1.54) is 0 Å². The Kier molecular flexibility index (Phi) is 6.97. The van der Waals surface area contributed by atoms with E-state index in [4.69, 9.17) is 4.74 Å². The van der Waals surface area contributed by atoms with Gasteiger partial charge in [-0.05, 0) is 31.0 Å². The van der Waals surface area contributed by atoms with Crippen LogP contribution in [-0.4, -0.2) is 33.2 Å². The van der Waals surface area contributed by atoms with Crippen molar-refractivity contribution in [2.45, 2.75) is 13.3 Å². The molecule has 0 aliphatic rings. The average Bonchev–Trinajstić information content (AvgIpc) is 2.61. The molecule has 7 heteroatoms. The SMILES string of the molecule is CCOc1ccccc1NC(=O)CNS(=O)(=O)CCc1ccccc1. The van der Waals surface area contributed by atoms with Crippen LogP contribution in [0.25, 0.3) is 0 Å². The predicted molar refractivity (Wildman–Crippen MR) is 98.2 cm³/mol. The van der Waals surface area contributed by atoms with Gasteiger partial charge in [-0.25, -0.2) is 13.1 Å². The minimum atomic E-state index is -3.53. The summed E-state index contributed by atoms with van der Waals surface area (Å²) in [6.07, 6.45) is 0.394. The molecular weight excluding hydrogens is 340 g/mol. The Bertz CT molecular complexity index is 792. The van der Waals surface area contributed by atoms with Crippen molar-refractivity contribution in [2.24, 2.45) is 0 Å². The highest BCUT2D eigenvalue weighted by Crippen LogP contribution is 2.23. The maximum absolute atomic E-state index is 12.0. The number of amides is 1. The lowest BCUT2D eigenvalue weighted by atomic mass is 10.2. The van der Waals surface area contributed by atoms with E-state index in [-0.39, 0.29) is 12.3 Å². The number of rotatable bonds is 9. The van der Waals surface area contributed by atoms with Crippen molar-refractivity contribution in [3.8, 4) is 5.75 Å². The Balaban J connectivity index is 1.84. The van der Waals surface area contributed by atoms with Crippen LogP contribution < -0.4 is 14.8 Å². The maximum atomic E-state index is 12.0. The first-order valence-electron chi connectivity index (χ1n) is 8.03. The zero-order valence-corrected chi connectivity index (χ0v) is 14.9. The summed E-state index contributed by atoms with van der Waals surface area (Å²) in [5.74, 6) is 0.0283. The van der Waals surface area contributed by atoms with Gasteiger partial charge in [0.25, 0.3) is 0 Å². The van der Waals surface area contributed by atoms with Crippen molar-refractivity contribution in [3.63, 3.8) is 0 Å². The van der Waals surface area contributed by atoms with E-state index in [2.05, 4.69) is 10.0 Å². The largest absolute Gasteiger partial charge is 0.492 e. The number of hydrogen-bond donors (Lipinski definition) is 2. The number of carbonyl (C=O) groups excluding carboxylic acids is 1. The summed E-state index contributed by atoms with van der Waals surface area (Å²) >= 11 is 0. The molecule has 0 atom stereocenters. The Hall–Kier alpha value is -2.38. The molecule has 0 saturated heterocycles. The number of hydrogen-bond acceptors (Lipinski definition) is 4. The van der Waals surface area contributed by atoms with Gasteiger partial charge < -0.3 is 10.1 Å². The minimum Gasteiger partial charge on any atom is -0.492 e. The van der Waals surface area contributed by atoms with Crippen molar-refractivity contribution in [3.05, 3.63) is 60.2 Å². The fraction of sp³-hybridized carbons (Fsp3) is 0.278. The first-order chi connectivity index (χ1) is 12.0. The first kappa shape index (κ1) is 19.0. The molecule has 2 N–H and O–H groups in total. The lowest BCUT2D eigenvalue weighted by Crippen LogP contribution is -2.34. The van der Waals surface area contributed by atoms with Crippen molar-refractivity contribution in [1.82, 2.24) is 4.72 Å². The molecular formula is C18H22N2O4S. The molecule has 0 aliphatic heterocycles. The fourth-order valence-electron chi connectivity index (χ4n) is 2.19. The van der Waals surface area contributed by atoms with Crippen LogP contribution in [0.2, 0.25) is 0 Å². The van der Waals surface area contributed by atoms with Crippen LogP contribution in [-0.2, 0) is 21.2 Å². The van der Waals surface area contributed by atoms with Crippen molar-refractivity contribution >= 4 is 21.6 Å². The third kappa shape index (κ3) is 6.56. The van der Waals surface area contributed by atoms with E-state index < -0.39 is 15.9 Å². The van der Waals surface area contributed by atoms with Crippen molar-refractivity contribution in [2.75, 3.05) is 24.2 Å². The monoisotopic (exact) mass is 362 g/mol. The second-order valence-corrected chi connectivity index (χ2v) is 7.28. The van der Waals surface area contributed by atoms with Gasteiger partial charge >= 0.3 is 0 Å². The fourth-order valence-corrected chi connectivity index (χ4v) is 3.19. The van der Waals surface area contributed by atoms with Crippen LogP contribution in [0.15, 0.2) is 54.6 Å². The van der Waals surface area contributed by atoms with E-state index >= 15 is 0 Å². The van der Waals surface area contributed by atoms with Crippen LogP contribution in [0.3, 0.4) is 0 Å². The molecule has 0 aromatic heterocycles. The summed E-state index contributed by atoms with van der Waals surface area (Å²) in [5, 5.41) is 2.65. The molecule has 0 spiro atoms. The summed E-state index contributed by atoms with van der Waals surface area (Å²) in [6, 6.07) is 16.3. The second-order valence-electron chi connectivity index (χ2n) is 5.35. The van der Waals surface area contributed by atoms with Crippen LogP contribution in [0.4, 0.5) is 5.69 Å². The highest BCUT2D eigenvalue weighted by molar-refractivity contribution is 7.89. The van der Waals surface area contributed by atoms with Crippen molar-refractivity contribution < 1.29 is 17.9 Å². The first-order valence-corrected chi connectivity index (χ1v) is 9.68. The number of ether oxygens (including phenoxy) is 1. The molecule has 0 fully saturated rings. The second kappa shape index (κ2) is 9.19. The molecule has 0 aliphatic carbocycles. The van der Waals surface area contributed by atoms with Gasteiger partial charge in [0.15, 0.2) is 0 Å². The molecule has 0 bridgehead atoms. The Labute approximate surface area is 148 Å². The summed E-state index contributed by atoms with van der Waals surface area (Å²) in [5.41, 5.74) is 1.45. The number of nitrogens with one attached hydrogen (secondary N) is 2. The normalized spacial score (nSPS) is 11.1. The maximum Gasteiger partial charge on any atom is 0.239 e. The van der Waals surface area contributed by atoms with E-state index in [9.17, 15) is 13.2 Å². The van der Waals surface area contributed by atoms with Crippen LogP contribution in [0, 0.1) is 0 Å². The Morgan fingerprint density at radius 2 is 1.72 bits per heavy atom. The molecule has 0 unspecified atom stereocenters. The summed E-state index contributed by atoms with van der Waals surface area (Å²) in [4.78, 5) is 12.0. The van der Waals surface area contributed by atoms with E-state index in [1.807, 2.05) is 37.3 Å². The molecule has 0 saturated carbocycles. The van der Waals surface area contributed by atoms with Gasteiger partial charge in [-0.3, -0.25) is 4.79 Å². The van der Waals surface area contributed by atoms with Gasteiger partial charge in [-0.15, -0.1) is 0 Å². The summed E-state index contributed by atoms with van der Waals surface area (Å²) in [7, 11) is -3.53. The zero-order valence-electron chi connectivity index (χ0n) is 14.1. The van der Waals surface area contributed by atoms with Gasteiger partial charge in [0.2, 0.25) is 15.9 Å². The molecule has 2 aromatic rings. The smallest absolute Gasteiger partial charge is 0.239 e. The molecule has 25 heavy (non-hydrogen) atoms. The molecule has 2 rings (SSSR count). The highest BCUT2D eigenvalue weighted by Gasteiger charge is 2.13. The van der Waals surface area contributed by atoms with E-state index in [0.717, 1.165) is 5.56 Å². The average molecular weight is 362 g/mol. The van der Waals surface area contributed by atoms with Gasteiger partial charge in [-0.2, -0.15) is 0 Å². The molecule has 1 amide bonds. The van der Waals surface area contributed by atoms with Gasteiger partial charge in [0.1, 0.15) is 5.75 Å². The van der Waals surface area contributed by atoms with Crippen LogP contribution in [0.1, 0.15) is 12.5 Å². The van der Waals surface area contributed by atoms with E-state index in [1.54, 1.807) is 24.3 Å². The molecule has 134 valence electrons. The Morgan fingerprint density at radius 1 is 1.04 bits per heavy atom. The number of para-hydroxylation sites is 2. The number of sulfonamides is 1. The third-order valence-electron chi connectivity index (χ3n) is 3.42. The minimum absolute atomic E-state index is 0.0696. The summed E-state index contributed by atoms with van der Waals surface area (Å²) < 4.78 is 31.8. The molecule has 6 nitrogen and oxygen atoms in total. The number of carbonyl (C=O) groups is 1. The van der Waals surface area contributed by atoms with Gasteiger partial charge in [-0.1, -0.05) is 42.5 Å². The zero-order chi connectivity index (χ0) is 18.1. The van der Waals surface area contributed by atoms with Gasteiger partial charge in [0.05, 0.1) is 24.6 Å². The third-order valence-corrected chi connectivity index (χ3v) is 4.74. The number of anilines is 1. The van der Waals surface area contributed by atoms with Crippen molar-refractivity contribution in [1.29, 1.82) is 0 Å². The highest BCUT2D eigenvalue weighted by atomic mass is 32.2. The van der Waals surface area contributed by atoms with Gasteiger partial charge in [0, 0.05) is 0 Å². The van der Waals surface area contributed by atoms with Crippen LogP contribution in [0.5, 0.6) is 5.75 Å². The quantitative estimate of drug-likeness (QED) is 0.716. The molecule has 2 aromatic carbocycles. The molecule has 0 heterocycles. The lowest BCUT2D eigenvalue weighted by molar-refractivity contribution is -0.115. The topological polar surface area (TPSA) is 84.5 Å². The Morgan fingerprint density at radius 3 is 2.44 bits per heavy atom. The standard InChI is InChI=1S/C18H22N2O4S/c1-2-24-17-11-7-6-10-16(17)20-18(21)14-19-25(22,23)13-12-15-8-4-3-5-9-15/h3-11,19H,2,12-14H2,1H3,(H,20,21). The number of aryl methyl sites for hydroxylation is 1. The molecule has 0 radical (unpaired) electrons. The number of benzene rings is 2. The van der Waals surface area contributed by atoms with Crippen LogP contribution >= 0.6 is 0 Å². The van der Waals surface area contributed by atoms with E-state index in [0.29, 0.717) is 24.5 Å². The lowest BCUT2D eigenvalue weighted by Gasteiger charge is -2.11. The predicted octanol–water partition coefficient (Wildman–Crippen LogP) is 2.19. The summed E-state index contributed by atoms with van der Waals surface area (Å²) in [6.45, 7) is 2.00.